The molecule has 0 saturated heterocycles. The second-order valence-corrected chi connectivity index (χ2v) is 5.93. The zero-order valence-corrected chi connectivity index (χ0v) is 13.3. The molecule has 4 heteroatoms. The second-order valence-electron chi connectivity index (χ2n) is 4.98. The van der Waals surface area contributed by atoms with Gasteiger partial charge in [0.25, 0.3) is 0 Å². The Balaban J connectivity index is 1.60. The van der Waals surface area contributed by atoms with E-state index in [0.29, 0.717) is 26.2 Å². The number of ether oxygens (including phenoxy) is 2. The molecule has 0 unspecified atom stereocenters. The summed E-state index contributed by atoms with van der Waals surface area (Å²) in [6.45, 7) is 3.67. The van der Waals surface area contributed by atoms with E-state index >= 15 is 0 Å². The van der Waals surface area contributed by atoms with Crippen molar-refractivity contribution < 1.29 is 14.3 Å². The minimum Gasteiger partial charge on any atom is -0.466 e. The third-order valence-electron chi connectivity index (χ3n) is 3.26. The van der Waals surface area contributed by atoms with Crippen LogP contribution >= 0.6 is 11.3 Å². The zero-order valence-electron chi connectivity index (χ0n) is 12.5. The Morgan fingerprint density at radius 3 is 2.95 bits per heavy atom. The van der Waals surface area contributed by atoms with Crippen LogP contribution in [0.1, 0.15) is 31.7 Å². The van der Waals surface area contributed by atoms with Gasteiger partial charge in [0, 0.05) is 4.70 Å². The smallest absolute Gasteiger partial charge is 0.308 e. The monoisotopic (exact) mass is 306 g/mol. The molecule has 0 aliphatic carbocycles. The lowest BCUT2D eigenvalue weighted by atomic mass is 10.1. The number of rotatable bonds is 9. The number of hydrogen-bond acceptors (Lipinski definition) is 4. The Kier molecular flexibility index (Phi) is 6.70. The van der Waals surface area contributed by atoms with E-state index < -0.39 is 0 Å². The SMILES string of the molecule is CCCCOC(=O)CCOCCc1ccc2sccc2c1. The van der Waals surface area contributed by atoms with Crippen molar-refractivity contribution in [1.29, 1.82) is 0 Å². The quantitative estimate of drug-likeness (QED) is 0.514. The van der Waals surface area contributed by atoms with E-state index in [-0.39, 0.29) is 5.97 Å². The van der Waals surface area contributed by atoms with Gasteiger partial charge in [0.05, 0.1) is 26.2 Å². The van der Waals surface area contributed by atoms with Gasteiger partial charge in [-0.15, -0.1) is 11.3 Å². The number of thiophene rings is 1. The minimum atomic E-state index is -0.164. The van der Waals surface area contributed by atoms with E-state index in [4.69, 9.17) is 9.47 Å². The topological polar surface area (TPSA) is 35.5 Å². The molecule has 0 fully saturated rings. The van der Waals surface area contributed by atoms with Gasteiger partial charge in [-0.2, -0.15) is 0 Å². The van der Waals surface area contributed by atoms with Crippen LogP contribution in [0.4, 0.5) is 0 Å². The molecule has 0 atom stereocenters. The van der Waals surface area contributed by atoms with Crippen LogP contribution in [0.3, 0.4) is 0 Å². The predicted molar refractivity (Wildman–Crippen MR) is 86.8 cm³/mol. The van der Waals surface area contributed by atoms with Crippen molar-refractivity contribution in [2.45, 2.75) is 32.6 Å². The molecule has 1 aromatic heterocycles. The first-order chi connectivity index (χ1) is 10.3. The molecule has 0 bridgehead atoms. The molecule has 0 aliphatic heterocycles. The van der Waals surface area contributed by atoms with Crippen molar-refractivity contribution in [3.8, 4) is 0 Å². The maximum Gasteiger partial charge on any atom is 0.308 e. The highest BCUT2D eigenvalue weighted by Crippen LogP contribution is 2.21. The first-order valence-electron chi connectivity index (χ1n) is 7.49. The Bertz CT molecular complexity index is 562. The minimum absolute atomic E-state index is 0.164. The van der Waals surface area contributed by atoms with Gasteiger partial charge in [0.1, 0.15) is 0 Å². The number of carbonyl (C=O) groups is 1. The van der Waals surface area contributed by atoms with Crippen LogP contribution in [0, 0.1) is 0 Å². The molecule has 0 aliphatic rings. The summed E-state index contributed by atoms with van der Waals surface area (Å²) in [7, 11) is 0. The lowest BCUT2D eigenvalue weighted by Crippen LogP contribution is -2.10. The molecule has 1 aromatic carbocycles. The molecule has 2 rings (SSSR count). The Morgan fingerprint density at radius 1 is 1.19 bits per heavy atom. The first kappa shape index (κ1) is 16.0. The molecule has 0 radical (unpaired) electrons. The Labute approximate surface area is 129 Å². The van der Waals surface area contributed by atoms with Gasteiger partial charge in [-0.1, -0.05) is 25.5 Å². The fraction of sp³-hybridized carbons (Fsp3) is 0.471. The van der Waals surface area contributed by atoms with Gasteiger partial charge >= 0.3 is 5.97 Å². The number of fused-ring (bicyclic) bond motifs is 1. The maximum atomic E-state index is 11.4. The van der Waals surface area contributed by atoms with E-state index in [9.17, 15) is 4.79 Å². The van der Waals surface area contributed by atoms with Gasteiger partial charge in [-0.25, -0.2) is 0 Å². The fourth-order valence-corrected chi connectivity index (χ4v) is 2.79. The molecule has 3 nitrogen and oxygen atoms in total. The summed E-state index contributed by atoms with van der Waals surface area (Å²) in [5, 5.41) is 3.40. The number of benzene rings is 1. The van der Waals surface area contributed by atoms with Crippen molar-refractivity contribution in [3.63, 3.8) is 0 Å². The lowest BCUT2D eigenvalue weighted by Gasteiger charge is -2.06. The molecule has 1 heterocycles. The van der Waals surface area contributed by atoms with Gasteiger partial charge in [0.2, 0.25) is 0 Å². The molecule has 0 N–H and O–H groups in total. The highest BCUT2D eigenvalue weighted by molar-refractivity contribution is 7.17. The Hall–Kier alpha value is -1.39. The highest BCUT2D eigenvalue weighted by atomic mass is 32.1. The van der Waals surface area contributed by atoms with Crippen molar-refractivity contribution in [3.05, 3.63) is 35.2 Å². The molecule has 0 spiro atoms. The average Bonchev–Trinajstić information content (AvgIpc) is 2.94. The summed E-state index contributed by atoms with van der Waals surface area (Å²) < 4.78 is 11.9. The maximum absolute atomic E-state index is 11.4. The van der Waals surface area contributed by atoms with Crippen molar-refractivity contribution >= 4 is 27.4 Å². The normalized spacial score (nSPS) is 10.9. The van der Waals surface area contributed by atoms with Crippen LogP contribution in [-0.4, -0.2) is 25.8 Å². The molecule has 0 saturated carbocycles. The first-order valence-corrected chi connectivity index (χ1v) is 8.37. The summed E-state index contributed by atoms with van der Waals surface area (Å²) in [6.07, 6.45) is 3.18. The third-order valence-corrected chi connectivity index (χ3v) is 4.16. The zero-order chi connectivity index (χ0) is 14.9. The standard InChI is InChI=1S/C17H22O3S/c1-2-3-9-20-17(18)7-11-19-10-6-14-4-5-16-15(13-14)8-12-21-16/h4-5,8,12-13H,2-3,6-7,9-11H2,1H3. The average molecular weight is 306 g/mol. The summed E-state index contributed by atoms with van der Waals surface area (Å²) in [4.78, 5) is 11.4. The number of hydrogen-bond donors (Lipinski definition) is 0. The van der Waals surface area contributed by atoms with Crippen LogP contribution in [0.25, 0.3) is 10.1 Å². The van der Waals surface area contributed by atoms with Crippen molar-refractivity contribution in [2.24, 2.45) is 0 Å². The third kappa shape index (κ3) is 5.48. The van der Waals surface area contributed by atoms with Gasteiger partial charge in [-0.05, 0) is 41.3 Å². The van der Waals surface area contributed by atoms with E-state index in [1.54, 1.807) is 11.3 Å². The summed E-state index contributed by atoms with van der Waals surface area (Å²) in [5.74, 6) is -0.164. The fourth-order valence-electron chi connectivity index (χ4n) is 2.02. The predicted octanol–water partition coefficient (Wildman–Crippen LogP) is 4.19. The Morgan fingerprint density at radius 2 is 2.10 bits per heavy atom. The molecule has 114 valence electrons. The van der Waals surface area contributed by atoms with Gasteiger partial charge in [0.15, 0.2) is 0 Å². The summed E-state index contributed by atoms with van der Waals surface area (Å²) in [5.41, 5.74) is 1.27. The number of esters is 1. The van der Waals surface area contributed by atoms with Gasteiger partial charge in [-0.3, -0.25) is 4.79 Å². The van der Waals surface area contributed by atoms with Crippen LogP contribution in [-0.2, 0) is 20.7 Å². The largest absolute Gasteiger partial charge is 0.466 e. The number of carbonyl (C=O) groups excluding carboxylic acids is 1. The molecule has 21 heavy (non-hydrogen) atoms. The van der Waals surface area contributed by atoms with Gasteiger partial charge < -0.3 is 9.47 Å². The summed E-state index contributed by atoms with van der Waals surface area (Å²) >= 11 is 1.76. The van der Waals surface area contributed by atoms with E-state index in [1.165, 1.54) is 15.6 Å². The highest BCUT2D eigenvalue weighted by Gasteiger charge is 2.03. The number of unbranched alkanes of at least 4 members (excludes halogenated alkanes) is 1. The van der Waals surface area contributed by atoms with Crippen molar-refractivity contribution in [2.75, 3.05) is 19.8 Å². The van der Waals surface area contributed by atoms with Crippen LogP contribution < -0.4 is 0 Å². The van der Waals surface area contributed by atoms with Crippen LogP contribution in [0.15, 0.2) is 29.6 Å². The molecule has 0 amide bonds. The molecule has 2 aromatic rings. The van der Waals surface area contributed by atoms with Crippen LogP contribution in [0.5, 0.6) is 0 Å². The van der Waals surface area contributed by atoms with Crippen molar-refractivity contribution in [1.82, 2.24) is 0 Å². The summed E-state index contributed by atoms with van der Waals surface area (Å²) in [6, 6.07) is 8.63. The van der Waals surface area contributed by atoms with E-state index in [2.05, 4.69) is 36.6 Å². The van der Waals surface area contributed by atoms with E-state index in [1.807, 2.05) is 0 Å². The van der Waals surface area contributed by atoms with Crippen LogP contribution in [0.2, 0.25) is 0 Å². The second kappa shape index (κ2) is 8.80. The van der Waals surface area contributed by atoms with E-state index in [0.717, 1.165) is 19.3 Å². The molecular formula is C17H22O3S. The molecular weight excluding hydrogens is 284 g/mol. The lowest BCUT2D eigenvalue weighted by molar-refractivity contribution is -0.144.